The van der Waals surface area contributed by atoms with Crippen molar-refractivity contribution in [1.82, 2.24) is 0 Å². The molecule has 1 aromatic heterocycles. The van der Waals surface area contributed by atoms with Gasteiger partial charge >= 0.3 is 0 Å². The molecule has 0 radical (unpaired) electrons. The highest BCUT2D eigenvalue weighted by atomic mass is 32.2. The van der Waals surface area contributed by atoms with Crippen molar-refractivity contribution in [2.24, 2.45) is 0 Å². The summed E-state index contributed by atoms with van der Waals surface area (Å²) in [7, 11) is -3.86. The number of hydrogen-bond acceptors (Lipinski definition) is 4. The molecular weight excluding hydrogens is 376 g/mol. The predicted octanol–water partition coefficient (Wildman–Crippen LogP) is 2.63. The highest BCUT2D eigenvalue weighted by Gasteiger charge is 2.06. The molecule has 0 bridgehead atoms. The highest BCUT2D eigenvalue weighted by Crippen LogP contribution is 2.16. The molecule has 0 aliphatic carbocycles. The quantitative estimate of drug-likeness (QED) is 0.341. The molecule has 0 saturated heterocycles. The molecule has 0 spiro atoms. The Morgan fingerprint density at radius 1 is 1.00 bits per heavy atom. The van der Waals surface area contributed by atoms with E-state index < -0.39 is 10.1 Å². The maximum atomic E-state index is 10.7. The van der Waals surface area contributed by atoms with Crippen molar-refractivity contribution in [3.63, 3.8) is 0 Å². The topological polar surface area (TPSA) is 81.7 Å². The molecule has 6 nitrogen and oxygen atoms in total. The largest absolute Gasteiger partial charge is 0.395 e. The number of likely N-dealkylation sites (N-methyl/N-ethyl adjacent to an activating group) is 1. The van der Waals surface area contributed by atoms with Crippen LogP contribution in [-0.2, 0) is 16.7 Å². The Kier molecular flexibility index (Phi) is 8.63. The van der Waals surface area contributed by atoms with E-state index in [1.54, 1.807) is 0 Å². The smallest absolute Gasteiger partial charge is 0.264 e. The number of nitrogens with zero attached hydrogens (tertiary/aromatic N) is 2. The molecule has 2 N–H and O–H groups in total. The Bertz CT molecular complexity index is 847. The van der Waals surface area contributed by atoms with Crippen molar-refractivity contribution in [2.75, 3.05) is 30.3 Å². The van der Waals surface area contributed by atoms with Crippen molar-refractivity contribution in [2.45, 2.75) is 26.3 Å². The fourth-order valence-electron chi connectivity index (χ4n) is 2.89. The lowest BCUT2D eigenvalue weighted by Crippen LogP contribution is -2.32. The Hall–Kier alpha value is -2.22. The minimum atomic E-state index is -3.86. The van der Waals surface area contributed by atoms with Gasteiger partial charge in [0.25, 0.3) is 10.1 Å². The van der Waals surface area contributed by atoms with E-state index in [9.17, 15) is 8.42 Å². The maximum Gasteiger partial charge on any atom is 0.264 e. The van der Waals surface area contributed by atoms with Crippen LogP contribution < -0.4 is 9.47 Å². The van der Waals surface area contributed by atoms with Crippen LogP contribution in [0, 0.1) is 0 Å². The lowest BCUT2D eigenvalue weighted by molar-refractivity contribution is -0.697. The van der Waals surface area contributed by atoms with Gasteiger partial charge in [-0.25, -0.2) is 4.57 Å². The van der Waals surface area contributed by atoms with Crippen LogP contribution in [0.5, 0.6) is 0 Å². The second kappa shape index (κ2) is 10.9. The lowest BCUT2D eigenvalue weighted by Gasteiger charge is -2.21. The molecule has 0 saturated carbocycles. The van der Waals surface area contributed by atoms with E-state index >= 15 is 0 Å². The first-order chi connectivity index (χ1) is 13.4. The van der Waals surface area contributed by atoms with E-state index in [1.165, 1.54) is 0 Å². The van der Waals surface area contributed by atoms with Crippen LogP contribution in [0.2, 0.25) is 0 Å². The van der Waals surface area contributed by atoms with Crippen molar-refractivity contribution in [3.05, 3.63) is 59.9 Å². The van der Waals surface area contributed by atoms with Gasteiger partial charge in [0.05, 0.1) is 12.4 Å². The second-order valence-electron chi connectivity index (χ2n) is 6.59. The molecule has 28 heavy (non-hydrogen) atoms. The molecule has 0 atom stereocenters. The fourth-order valence-corrected chi connectivity index (χ4v) is 3.46. The average Bonchev–Trinajstić information content (AvgIpc) is 2.68. The third kappa shape index (κ3) is 7.80. The summed E-state index contributed by atoms with van der Waals surface area (Å²) in [6.45, 7) is 4.41. The van der Waals surface area contributed by atoms with E-state index in [2.05, 4.69) is 42.2 Å². The number of benzene rings is 1. The van der Waals surface area contributed by atoms with Gasteiger partial charge in [0.2, 0.25) is 0 Å². The van der Waals surface area contributed by atoms with Gasteiger partial charge in [0, 0.05) is 37.3 Å². The van der Waals surface area contributed by atoms with E-state index in [1.807, 2.05) is 35.2 Å². The number of anilines is 1. The molecule has 0 fully saturated rings. The number of hydrogen-bond donors (Lipinski definition) is 2. The lowest BCUT2D eigenvalue weighted by atomic mass is 10.1. The molecule has 152 valence electrons. The predicted molar refractivity (Wildman–Crippen MR) is 113 cm³/mol. The van der Waals surface area contributed by atoms with E-state index in [4.69, 9.17) is 9.66 Å². The zero-order chi connectivity index (χ0) is 20.4. The molecule has 0 unspecified atom stereocenters. The number of pyridine rings is 1. The van der Waals surface area contributed by atoms with Crippen molar-refractivity contribution in [1.29, 1.82) is 0 Å². The number of aryl methyl sites for hydroxylation is 1. The third-order valence-electron chi connectivity index (χ3n) is 4.46. The van der Waals surface area contributed by atoms with Crippen molar-refractivity contribution < 1.29 is 22.6 Å². The summed E-state index contributed by atoms with van der Waals surface area (Å²) in [5.74, 6) is -0.191. The zero-order valence-electron chi connectivity index (χ0n) is 16.2. The van der Waals surface area contributed by atoms with Crippen LogP contribution in [0.1, 0.15) is 30.9 Å². The molecule has 1 aromatic carbocycles. The second-order valence-corrected chi connectivity index (χ2v) is 8.16. The summed E-state index contributed by atoms with van der Waals surface area (Å²) in [4.78, 5) is 2.12. The highest BCUT2D eigenvalue weighted by molar-refractivity contribution is 7.85. The molecule has 0 aliphatic heterocycles. The average molecular weight is 406 g/mol. The maximum absolute atomic E-state index is 10.7. The number of aliphatic hydroxyl groups excluding tert-OH is 1. The Labute approximate surface area is 167 Å². The van der Waals surface area contributed by atoms with Gasteiger partial charge in [0.15, 0.2) is 12.4 Å². The minimum Gasteiger partial charge on any atom is -0.395 e. The van der Waals surface area contributed by atoms with Gasteiger partial charge in [-0.1, -0.05) is 24.3 Å². The van der Waals surface area contributed by atoms with Crippen LogP contribution in [0.3, 0.4) is 0 Å². The normalized spacial score (nSPS) is 11.8. The van der Waals surface area contributed by atoms with Crippen LogP contribution in [0.4, 0.5) is 5.69 Å². The summed E-state index contributed by atoms with van der Waals surface area (Å²) in [6.07, 6.45) is 9.16. The van der Waals surface area contributed by atoms with Crippen molar-refractivity contribution >= 4 is 28.0 Å². The van der Waals surface area contributed by atoms with Gasteiger partial charge < -0.3 is 10.0 Å². The van der Waals surface area contributed by atoms with E-state index in [0.717, 1.165) is 23.4 Å². The monoisotopic (exact) mass is 405 g/mol. The van der Waals surface area contributed by atoms with Gasteiger partial charge in [-0.05, 0) is 36.6 Å². The van der Waals surface area contributed by atoms with Crippen LogP contribution >= 0.6 is 0 Å². The SMILES string of the molecule is CCN(CCO)c1ccc(/C=C/c2cc[n+](CCCCS(=O)(=O)O)cc2)cc1. The first-order valence-corrected chi connectivity index (χ1v) is 11.1. The molecular formula is C21H29N2O4S+. The Morgan fingerprint density at radius 3 is 2.14 bits per heavy atom. The number of aliphatic hydroxyl groups is 1. The Balaban J connectivity index is 1.88. The summed E-state index contributed by atoms with van der Waals surface area (Å²) in [6, 6.07) is 12.3. The molecule has 2 aromatic rings. The van der Waals surface area contributed by atoms with Gasteiger partial charge in [-0.15, -0.1) is 0 Å². The molecule has 1 heterocycles. The Morgan fingerprint density at radius 2 is 1.61 bits per heavy atom. The molecule has 0 amide bonds. The van der Waals surface area contributed by atoms with Crippen molar-refractivity contribution in [3.8, 4) is 0 Å². The molecule has 0 aliphatic rings. The summed E-state index contributed by atoms with van der Waals surface area (Å²) >= 11 is 0. The summed E-state index contributed by atoms with van der Waals surface area (Å²) in [5.41, 5.74) is 3.28. The van der Waals surface area contributed by atoms with E-state index in [-0.39, 0.29) is 12.4 Å². The van der Waals surface area contributed by atoms with Gasteiger partial charge in [-0.2, -0.15) is 8.42 Å². The van der Waals surface area contributed by atoms with Gasteiger partial charge in [0.1, 0.15) is 6.54 Å². The fraction of sp³-hybridized carbons (Fsp3) is 0.381. The summed E-state index contributed by atoms with van der Waals surface area (Å²) < 4.78 is 32.1. The van der Waals surface area contributed by atoms with Crippen LogP contribution in [0.15, 0.2) is 48.8 Å². The number of unbranched alkanes of at least 4 members (excludes halogenated alkanes) is 1. The van der Waals surface area contributed by atoms with Crippen LogP contribution in [-0.4, -0.2) is 43.5 Å². The first kappa shape index (κ1) is 22.1. The minimum absolute atomic E-state index is 0.143. The van der Waals surface area contributed by atoms with Crippen LogP contribution in [0.25, 0.3) is 12.2 Å². The van der Waals surface area contributed by atoms with E-state index in [0.29, 0.717) is 25.9 Å². The number of rotatable bonds is 11. The first-order valence-electron chi connectivity index (χ1n) is 9.49. The van der Waals surface area contributed by atoms with Gasteiger partial charge in [-0.3, -0.25) is 4.55 Å². The summed E-state index contributed by atoms with van der Waals surface area (Å²) in [5, 5.41) is 9.12. The number of aromatic nitrogens is 1. The molecule has 7 heteroatoms. The third-order valence-corrected chi connectivity index (χ3v) is 5.27. The standard InChI is InChI=1S/C21H28N2O4S/c1-2-23(16-17-24)21-9-7-19(8-10-21)5-6-20-11-14-22(15-12-20)13-3-4-18-28(25,26)27/h5-12,14-15,24H,2-4,13,16-18H2,1H3/p+1. The molecule has 2 rings (SSSR count). The zero-order valence-corrected chi connectivity index (χ0v) is 17.1.